The molecule has 0 spiro atoms. The summed E-state index contributed by atoms with van der Waals surface area (Å²) in [7, 11) is 0. The first-order valence-electron chi connectivity index (χ1n) is 11.8. The maximum Gasteiger partial charge on any atom is 0.416 e. The normalized spacial score (nSPS) is 15.1. The minimum absolute atomic E-state index is 0.0705. The number of aliphatic hydroxyl groups is 1. The number of ether oxygens (including phenoxy) is 1. The van der Waals surface area contributed by atoms with Crippen molar-refractivity contribution < 1.29 is 23.0 Å². The third-order valence-corrected chi connectivity index (χ3v) is 6.63. The van der Waals surface area contributed by atoms with Crippen molar-refractivity contribution in [3.05, 3.63) is 74.9 Å². The lowest BCUT2D eigenvalue weighted by molar-refractivity contribution is -0.207. The molecule has 1 unspecified atom stereocenters. The van der Waals surface area contributed by atoms with Crippen molar-refractivity contribution >= 4 is 29.2 Å². The number of hydrogen-bond acceptors (Lipinski definition) is 7. The summed E-state index contributed by atoms with van der Waals surface area (Å²) in [5.41, 5.74) is 0.0332. The minimum Gasteiger partial charge on any atom is -0.382 e. The standard InChI is InChI=1S/C24H22Cl2F3N7O3/c25-16-7-5-15(6-8-16)21-32-35(23(38)34(21)13-19(37)24(27,28)29)14-20-30-22(33-9-11-39-12-10-33)36(31-20)18-4-2-1-3-17(18)26/h1-8,19,37H,9-14H2. The van der Waals surface area contributed by atoms with Crippen LogP contribution in [0.3, 0.4) is 0 Å². The Hall–Kier alpha value is -3.39. The van der Waals surface area contributed by atoms with Gasteiger partial charge in [-0.25, -0.2) is 9.48 Å². The summed E-state index contributed by atoms with van der Waals surface area (Å²) in [4.78, 5) is 19.8. The van der Waals surface area contributed by atoms with Gasteiger partial charge in [0.15, 0.2) is 17.8 Å². The highest BCUT2D eigenvalue weighted by molar-refractivity contribution is 6.32. The first-order valence-corrected chi connectivity index (χ1v) is 12.6. The van der Waals surface area contributed by atoms with Crippen LogP contribution in [0.2, 0.25) is 10.0 Å². The summed E-state index contributed by atoms with van der Waals surface area (Å²) in [5, 5.41) is 19.4. The lowest BCUT2D eigenvalue weighted by atomic mass is 10.2. The van der Waals surface area contributed by atoms with Gasteiger partial charge in [-0.15, -0.1) is 10.2 Å². The zero-order valence-corrected chi connectivity index (χ0v) is 21.7. The number of aliphatic hydroxyl groups excluding tert-OH is 1. The van der Waals surface area contributed by atoms with Crippen LogP contribution in [0.25, 0.3) is 17.1 Å². The van der Waals surface area contributed by atoms with E-state index in [1.54, 1.807) is 28.9 Å². The van der Waals surface area contributed by atoms with E-state index in [0.29, 0.717) is 53.5 Å². The zero-order chi connectivity index (χ0) is 27.7. The Balaban J connectivity index is 1.56. The van der Waals surface area contributed by atoms with E-state index in [2.05, 4.69) is 15.2 Å². The van der Waals surface area contributed by atoms with Crippen LogP contribution in [0.5, 0.6) is 0 Å². The maximum atomic E-state index is 13.3. The van der Waals surface area contributed by atoms with Gasteiger partial charge >= 0.3 is 11.9 Å². The molecule has 1 aliphatic rings. The zero-order valence-electron chi connectivity index (χ0n) is 20.2. The molecule has 0 bridgehead atoms. The minimum atomic E-state index is -4.93. The van der Waals surface area contributed by atoms with Crippen molar-refractivity contribution in [2.75, 3.05) is 31.2 Å². The molecule has 206 valence electrons. The Morgan fingerprint density at radius 3 is 2.38 bits per heavy atom. The number of hydrogen-bond donors (Lipinski definition) is 1. The van der Waals surface area contributed by atoms with Crippen molar-refractivity contribution in [3.8, 4) is 17.1 Å². The van der Waals surface area contributed by atoms with E-state index >= 15 is 0 Å². The number of para-hydroxylation sites is 1. The molecule has 10 nitrogen and oxygen atoms in total. The summed E-state index contributed by atoms with van der Waals surface area (Å²) in [5.74, 6) is 0.584. The highest BCUT2D eigenvalue weighted by Crippen LogP contribution is 2.26. The molecule has 0 amide bonds. The van der Waals surface area contributed by atoms with Crippen LogP contribution in [0.4, 0.5) is 19.1 Å². The molecular weight excluding hydrogens is 562 g/mol. The second-order valence-electron chi connectivity index (χ2n) is 8.73. The van der Waals surface area contributed by atoms with Gasteiger partial charge in [0.05, 0.1) is 30.5 Å². The van der Waals surface area contributed by atoms with Crippen molar-refractivity contribution in [1.29, 1.82) is 0 Å². The first kappa shape index (κ1) is 27.2. The number of aromatic nitrogens is 6. The fourth-order valence-electron chi connectivity index (χ4n) is 4.10. The Labute approximate surface area is 229 Å². The number of rotatable bonds is 7. The van der Waals surface area contributed by atoms with Crippen molar-refractivity contribution in [1.82, 2.24) is 29.1 Å². The Morgan fingerprint density at radius 2 is 1.72 bits per heavy atom. The van der Waals surface area contributed by atoms with Gasteiger partial charge in [0, 0.05) is 23.7 Å². The Morgan fingerprint density at radius 1 is 1.03 bits per heavy atom. The maximum absolute atomic E-state index is 13.3. The van der Waals surface area contributed by atoms with Crippen LogP contribution >= 0.6 is 23.2 Å². The molecule has 0 aliphatic carbocycles. The Bertz CT molecular complexity index is 1510. The molecule has 0 saturated carbocycles. The molecule has 1 saturated heterocycles. The number of nitrogens with zero attached hydrogens (tertiary/aromatic N) is 7. The van der Waals surface area contributed by atoms with Crippen molar-refractivity contribution in [2.45, 2.75) is 25.4 Å². The third kappa shape index (κ3) is 5.81. The summed E-state index contributed by atoms with van der Waals surface area (Å²) in [6.07, 6.45) is -7.70. The number of anilines is 1. The molecule has 15 heteroatoms. The summed E-state index contributed by atoms with van der Waals surface area (Å²) >= 11 is 12.4. The van der Waals surface area contributed by atoms with Gasteiger partial charge < -0.3 is 14.7 Å². The fraction of sp³-hybridized carbons (Fsp3) is 0.333. The smallest absolute Gasteiger partial charge is 0.382 e. The van der Waals surface area contributed by atoms with Crippen molar-refractivity contribution in [3.63, 3.8) is 0 Å². The molecule has 1 fully saturated rings. The molecular formula is C24H22Cl2F3N7O3. The van der Waals surface area contributed by atoms with Crippen LogP contribution < -0.4 is 10.6 Å². The topological polar surface area (TPSA) is 103 Å². The summed E-state index contributed by atoms with van der Waals surface area (Å²) < 4.78 is 48.2. The highest BCUT2D eigenvalue weighted by atomic mass is 35.5. The first-order chi connectivity index (χ1) is 18.6. The molecule has 2 aromatic heterocycles. The number of benzene rings is 2. The van der Waals surface area contributed by atoms with Gasteiger partial charge in [-0.1, -0.05) is 35.3 Å². The lowest BCUT2D eigenvalue weighted by Gasteiger charge is -2.27. The molecule has 5 rings (SSSR count). The van der Waals surface area contributed by atoms with E-state index in [-0.39, 0.29) is 18.2 Å². The quantitative estimate of drug-likeness (QED) is 0.355. The van der Waals surface area contributed by atoms with E-state index < -0.39 is 24.5 Å². The monoisotopic (exact) mass is 583 g/mol. The predicted octanol–water partition coefficient (Wildman–Crippen LogP) is 3.41. The van der Waals surface area contributed by atoms with E-state index in [9.17, 15) is 23.1 Å². The number of morpholine rings is 1. The molecule has 39 heavy (non-hydrogen) atoms. The SMILES string of the molecule is O=c1n(Cc2nc(N3CCOCC3)n(-c3ccccc3Cl)n2)nc(-c2ccc(Cl)cc2)n1CC(O)C(F)(F)F. The fourth-order valence-corrected chi connectivity index (χ4v) is 4.44. The van der Waals surface area contributed by atoms with Crippen molar-refractivity contribution in [2.24, 2.45) is 0 Å². The summed E-state index contributed by atoms with van der Waals surface area (Å²) in [6.45, 7) is 0.783. The lowest BCUT2D eigenvalue weighted by Crippen LogP contribution is -2.38. The molecule has 3 heterocycles. The van der Waals surface area contributed by atoms with Crippen LogP contribution in [0, 0.1) is 0 Å². The van der Waals surface area contributed by atoms with Crippen LogP contribution in [0.15, 0.2) is 53.3 Å². The van der Waals surface area contributed by atoms with Crippen LogP contribution in [-0.2, 0) is 17.8 Å². The van der Waals surface area contributed by atoms with Gasteiger partial charge in [-0.3, -0.25) is 4.57 Å². The van der Waals surface area contributed by atoms with E-state index in [1.807, 2.05) is 4.90 Å². The average Bonchev–Trinajstić information content (AvgIpc) is 3.46. The molecule has 2 aromatic carbocycles. The van der Waals surface area contributed by atoms with Gasteiger partial charge in [0.2, 0.25) is 5.95 Å². The molecule has 4 aromatic rings. The molecule has 1 atom stereocenters. The molecule has 1 aliphatic heterocycles. The largest absolute Gasteiger partial charge is 0.416 e. The van der Waals surface area contributed by atoms with E-state index in [1.165, 1.54) is 24.3 Å². The molecule has 1 N–H and O–H groups in total. The average molecular weight is 584 g/mol. The third-order valence-electron chi connectivity index (χ3n) is 6.06. The van der Waals surface area contributed by atoms with Gasteiger partial charge in [0.25, 0.3) is 0 Å². The van der Waals surface area contributed by atoms with E-state index in [4.69, 9.17) is 27.9 Å². The second-order valence-corrected chi connectivity index (χ2v) is 9.57. The van der Waals surface area contributed by atoms with Crippen LogP contribution in [-0.4, -0.2) is 72.8 Å². The number of alkyl halides is 3. The highest BCUT2D eigenvalue weighted by Gasteiger charge is 2.39. The van der Waals surface area contributed by atoms with Gasteiger partial charge in [0.1, 0.15) is 6.54 Å². The van der Waals surface area contributed by atoms with Gasteiger partial charge in [-0.05, 0) is 36.4 Å². The second kappa shape index (κ2) is 11.0. The summed E-state index contributed by atoms with van der Waals surface area (Å²) in [6, 6.07) is 13.1. The van der Waals surface area contributed by atoms with E-state index in [0.717, 1.165) is 9.25 Å². The number of halogens is 5. The van der Waals surface area contributed by atoms with Crippen LogP contribution in [0.1, 0.15) is 5.82 Å². The Kier molecular flexibility index (Phi) is 7.67. The van der Waals surface area contributed by atoms with Gasteiger partial charge in [-0.2, -0.15) is 22.8 Å². The predicted molar refractivity (Wildman–Crippen MR) is 137 cm³/mol. The molecule has 0 radical (unpaired) electrons.